The van der Waals surface area contributed by atoms with Crippen molar-refractivity contribution < 1.29 is 4.79 Å². The highest BCUT2D eigenvalue weighted by Crippen LogP contribution is 2.29. The van der Waals surface area contributed by atoms with Crippen LogP contribution in [-0.2, 0) is 26.4 Å². The second-order valence-corrected chi connectivity index (χ2v) is 12.3. The lowest BCUT2D eigenvalue weighted by Gasteiger charge is -2.35. The molecule has 0 N–H and O–H groups in total. The molecule has 2 aromatic carbocycles. The second kappa shape index (κ2) is 10.6. The maximum absolute atomic E-state index is 14.3. The molecule has 0 saturated carbocycles. The number of hydrogen-bond acceptors (Lipinski definition) is 5. The molecule has 210 valence electrons. The molecule has 5 aromatic rings. The minimum absolute atomic E-state index is 0.0879. The number of rotatable bonds is 5. The standard InChI is InChI=1S/C30H29BrClN7O2/c1-17(2)11-21-14-34-39-26-15-37(29(40)20-7-10-24(31)25(32)13-20)18(3)12-23(26)30(41)38(28(21)39)22-8-5-19(6-9-22)27-35-33-16-36(27)4/h5-10,13-14,16-18H,11-12,15H2,1-4H3/t18-/m1/s1. The van der Waals surface area contributed by atoms with Gasteiger partial charge < -0.3 is 9.47 Å². The molecule has 1 aliphatic rings. The summed E-state index contributed by atoms with van der Waals surface area (Å²) in [4.78, 5) is 29.7. The summed E-state index contributed by atoms with van der Waals surface area (Å²) >= 11 is 9.69. The Morgan fingerprint density at radius 2 is 1.93 bits per heavy atom. The first-order valence-corrected chi connectivity index (χ1v) is 14.6. The highest BCUT2D eigenvalue weighted by atomic mass is 79.9. The lowest BCUT2D eigenvalue weighted by Crippen LogP contribution is -2.46. The van der Waals surface area contributed by atoms with E-state index in [0.29, 0.717) is 28.5 Å². The van der Waals surface area contributed by atoms with E-state index in [4.69, 9.17) is 16.7 Å². The quantitative estimate of drug-likeness (QED) is 0.255. The Hall–Kier alpha value is -3.76. The molecule has 1 atom stereocenters. The Morgan fingerprint density at radius 1 is 1.17 bits per heavy atom. The van der Waals surface area contributed by atoms with Gasteiger partial charge in [0.05, 0.1) is 29.1 Å². The minimum atomic E-state index is -0.194. The van der Waals surface area contributed by atoms with E-state index in [2.05, 4.69) is 40.0 Å². The van der Waals surface area contributed by atoms with Gasteiger partial charge in [0, 0.05) is 39.8 Å². The molecule has 0 spiro atoms. The van der Waals surface area contributed by atoms with Crippen LogP contribution >= 0.6 is 27.5 Å². The lowest BCUT2D eigenvalue weighted by molar-refractivity contribution is 0.0651. The number of benzene rings is 2. The number of carbonyl (C=O) groups excluding carboxylic acids is 1. The third-order valence-corrected chi connectivity index (χ3v) is 8.83. The molecule has 0 bridgehead atoms. The average Bonchev–Trinajstić information content (AvgIpc) is 3.56. The van der Waals surface area contributed by atoms with E-state index in [-0.39, 0.29) is 24.1 Å². The third-order valence-electron chi connectivity index (χ3n) is 7.60. The zero-order valence-corrected chi connectivity index (χ0v) is 25.5. The number of hydrogen-bond donors (Lipinski definition) is 0. The smallest absolute Gasteiger partial charge is 0.261 e. The van der Waals surface area contributed by atoms with Crippen LogP contribution in [0.4, 0.5) is 0 Å². The molecule has 0 aliphatic carbocycles. The Morgan fingerprint density at radius 3 is 2.59 bits per heavy atom. The Kier molecular flexibility index (Phi) is 7.07. The molecule has 41 heavy (non-hydrogen) atoms. The van der Waals surface area contributed by atoms with Crippen LogP contribution in [0, 0.1) is 5.92 Å². The average molecular weight is 635 g/mol. The predicted octanol–water partition coefficient (Wildman–Crippen LogP) is 5.48. The minimum Gasteiger partial charge on any atom is -0.330 e. The van der Waals surface area contributed by atoms with Crippen LogP contribution < -0.4 is 5.56 Å². The van der Waals surface area contributed by atoms with Gasteiger partial charge in [-0.3, -0.25) is 14.2 Å². The first-order chi connectivity index (χ1) is 19.6. The first kappa shape index (κ1) is 27.4. The van der Waals surface area contributed by atoms with Gasteiger partial charge in [-0.2, -0.15) is 5.10 Å². The van der Waals surface area contributed by atoms with Gasteiger partial charge in [0.2, 0.25) is 0 Å². The number of aryl methyl sites for hydroxylation is 1. The molecule has 0 radical (unpaired) electrons. The van der Waals surface area contributed by atoms with E-state index in [1.807, 2.05) is 53.5 Å². The molecular weight excluding hydrogens is 606 g/mol. The summed E-state index contributed by atoms with van der Waals surface area (Å²) in [5.74, 6) is 0.972. The summed E-state index contributed by atoms with van der Waals surface area (Å²) in [6, 6.07) is 12.8. The number of nitrogens with zero attached hydrogens (tertiary/aromatic N) is 7. The molecule has 4 heterocycles. The molecule has 0 saturated heterocycles. The Balaban J connectivity index is 1.49. The largest absolute Gasteiger partial charge is 0.330 e. The summed E-state index contributed by atoms with van der Waals surface area (Å²) in [7, 11) is 1.89. The van der Waals surface area contributed by atoms with Crippen molar-refractivity contribution >= 4 is 39.1 Å². The van der Waals surface area contributed by atoms with Gasteiger partial charge in [-0.05, 0) is 84.1 Å². The van der Waals surface area contributed by atoms with E-state index in [9.17, 15) is 9.59 Å². The SMILES string of the molecule is CC(C)Cc1cnn2c3c(c(=O)n(-c4ccc(-c5nncn5C)cc4)c12)C[C@@H](C)N(C(=O)c1ccc(Br)c(Cl)c1)C3. The van der Waals surface area contributed by atoms with Crippen LogP contribution in [0.3, 0.4) is 0 Å². The van der Waals surface area contributed by atoms with Crippen molar-refractivity contribution in [1.82, 2.24) is 33.8 Å². The van der Waals surface area contributed by atoms with Gasteiger partial charge in [0.1, 0.15) is 12.0 Å². The van der Waals surface area contributed by atoms with Crippen LogP contribution in [0.2, 0.25) is 5.02 Å². The molecule has 3 aromatic heterocycles. The van der Waals surface area contributed by atoms with Crippen molar-refractivity contribution in [3.63, 3.8) is 0 Å². The van der Waals surface area contributed by atoms with Gasteiger partial charge in [0.25, 0.3) is 11.5 Å². The van der Waals surface area contributed by atoms with Gasteiger partial charge in [-0.1, -0.05) is 25.4 Å². The van der Waals surface area contributed by atoms with Crippen molar-refractivity contribution in [2.75, 3.05) is 0 Å². The van der Waals surface area contributed by atoms with Crippen LogP contribution in [0.5, 0.6) is 0 Å². The molecule has 1 amide bonds. The number of fused-ring (bicyclic) bond motifs is 3. The summed E-state index contributed by atoms with van der Waals surface area (Å²) in [5.41, 5.74) is 5.17. The first-order valence-electron chi connectivity index (χ1n) is 13.5. The van der Waals surface area contributed by atoms with Crippen molar-refractivity contribution in [3.8, 4) is 17.1 Å². The second-order valence-electron chi connectivity index (χ2n) is 11.0. The Labute approximate surface area is 250 Å². The molecule has 6 rings (SSSR count). The zero-order valence-electron chi connectivity index (χ0n) is 23.2. The zero-order chi connectivity index (χ0) is 29.0. The van der Waals surface area contributed by atoms with Gasteiger partial charge in [0.15, 0.2) is 5.82 Å². The van der Waals surface area contributed by atoms with Crippen LogP contribution in [-0.4, -0.2) is 45.8 Å². The van der Waals surface area contributed by atoms with E-state index in [1.54, 1.807) is 34.0 Å². The van der Waals surface area contributed by atoms with Crippen LogP contribution in [0.15, 0.2) is 64.3 Å². The van der Waals surface area contributed by atoms with Gasteiger partial charge in [-0.15, -0.1) is 10.2 Å². The predicted molar refractivity (Wildman–Crippen MR) is 162 cm³/mol. The molecule has 9 nitrogen and oxygen atoms in total. The van der Waals surface area contributed by atoms with Crippen LogP contribution in [0.25, 0.3) is 22.7 Å². The van der Waals surface area contributed by atoms with E-state index in [1.165, 1.54) is 0 Å². The molecule has 0 unspecified atom stereocenters. The fourth-order valence-electron chi connectivity index (χ4n) is 5.58. The van der Waals surface area contributed by atoms with Crippen molar-refractivity contribution in [2.24, 2.45) is 13.0 Å². The monoisotopic (exact) mass is 633 g/mol. The number of aromatic nitrogens is 6. The fraction of sp³-hybridized carbons (Fsp3) is 0.300. The van der Waals surface area contributed by atoms with E-state index < -0.39 is 0 Å². The Bertz CT molecular complexity index is 1860. The van der Waals surface area contributed by atoms with Crippen molar-refractivity contribution in [3.05, 3.63) is 97.2 Å². The van der Waals surface area contributed by atoms with Gasteiger partial charge in [-0.25, -0.2) is 4.52 Å². The number of amides is 1. The van der Waals surface area contributed by atoms with Crippen LogP contribution in [0.1, 0.15) is 48.0 Å². The summed E-state index contributed by atoms with van der Waals surface area (Å²) < 4.78 is 6.20. The van der Waals surface area contributed by atoms with E-state index >= 15 is 0 Å². The lowest BCUT2D eigenvalue weighted by atomic mass is 9.98. The maximum Gasteiger partial charge on any atom is 0.261 e. The fourth-order valence-corrected chi connectivity index (χ4v) is 6.01. The summed E-state index contributed by atoms with van der Waals surface area (Å²) in [6.45, 7) is 6.53. The molecule has 0 fully saturated rings. The number of carbonyl (C=O) groups is 1. The van der Waals surface area contributed by atoms with Crippen molar-refractivity contribution in [1.29, 1.82) is 0 Å². The summed E-state index contributed by atoms with van der Waals surface area (Å²) in [5, 5.41) is 13.4. The molecule has 11 heteroatoms. The summed E-state index contributed by atoms with van der Waals surface area (Å²) in [6.07, 6.45) is 4.68. The molecular formula is C30H29BrClN7O2. The normalized spacial score (nSPS) is 15.1. The topological polar surface area (TPSA) is 90.3 Å². The van der Waals surface area contributed by atoms with Gasteiger partial charge >= 0.3 is 0 Å². The van der Waals surface area contributed by atoms with Crippen molar-refractivity contribution in [2.45, 2.75) is 46.2 Å². The maximum atomic E-state index is 14.3. The third kappa shape index (κ3) is 4.78. The highest BCUT2D eigenvalue weighted by molar-refractivity contribution is 9.10. The molecule has 1 aliphatic heterocycles. The van der Waals surface area contributed by atoms with E-state index in [0.717, 1.165) is 44.9 Å². The number of halogens is 2. The highest BCUT2D eigenvalue weighted by Gasteiger charge is 2.33.